The standard InChI is InChI=1S/C13H14N2O2/c1-16-11-5-3-4-9(6-11)10-7-12(14)13(17-2)15-8-10/h3-8H,14H2,1-2H3. The minimum atomic E-state index is 0.441. The summed E-state index contributed by atoms with van der Waals surface area (Å²) in [5, 5.41) is 0. The first-order valence-electron chi connectivity index (χ1n) is 5.18. The molecule has 1 aromatic heterocycles. The molecule has 2 rings (SSSR count). The van der Waals surface area contributed by atoms with Gasteiger partial charge in [-0.15, -0.1) is 0 Å². The summed E-state index contributed by atoms with van der Waals surface area (Å²) in [6.45, 7) is 0. The summed E-state index contributed by atoms with van der Waals surface area (Å²) in [4.78, 5) is 4.14. The SMILES string of the molecule is COc1cccc(-c2cnc(OC)c(N)c2)c1. The van der Waals surface area contributed by atoms with E-state index in [0.29, 0.717) is 11.6 Å². The van der Waals surface area contributed by atoms with Crippen molar-refractivity contribution in [3.05, 3.63) is 36.5 Å². The van der Waals surface area contributed by atoms with Gasteiger partial charge in [-0.1, -0.05) is 12.1 Å². The van der Waals surface area contributed by atoms with E-state index in [9.17, 15) is 0 Å². The lowest BCUT2D eigenvalue weighted by molar-refractivity contribution is 0.400. The van der Waals surface area contributed by atoms with Crippen LogP contribution in [0.25, 0.3) is 11.1 Å². The average Bonchev–Trinajstić information content (AvgIpc) is 2.38. The molecule has 0 radical (unpaired) electrons. The van der Waals surface area contributed by atoms with Gasteiger partial charge in [-0.2, -0.15) is 0 Å². The topological polar surface area (TPSA) is 57.4 Å². The molecule has 0 saturated carbocycles. The number of rotatable bonds is 3. The Morgan fingerprint density at radius 1 is 1.06 bits per heavy atom. The summed E-state index contributed by atoms with van der Waals surface area (Å²) < 4.78 is 10.2. The maximum atomic E-state index is 5.82. The van der Waals surface area contributed by atoms with E-state index >= 15 is 0 Å². The predicted octanol–water partition coefficient (Wildman–Crippen LogP) is 2.35. The second-order valence-electron chi connectivity index (χ2n) is 3.55. The number of pyridine rings is 1. The third kappa shape index (κ3) is 2.30. The number of hydrogen-bond acceptors (Lipinski definition) is 4. The van der Waals surface area contributed by atoms with E-state index in [2.05, 4.69) is 4.98 Å². The van der Waals surface area contributed by atoms with Crippen molar-refractivity contribution in [2.45, 2.75) is 0 Å². The zero-order valence-corrected chi connectivity index (χ0v) is 9.81. The van der Waals surface area contributed by atoms with E-state index < -0.39 is 0 Å². The van der Waals surface area contributed by atoms with Gasteiger partial charge in [0.1, 0.15) is 5.75 Å². The Balaban J connectivity index is 2.42. The van der Waals surface area contributed by atoms with Crippen LogP contribution in [0.4, 0.5) is 5.69 Å². The van der Waals surface area contributed by atoms with Crippen molar-refractivity contribution >= 4 is 5.69 Å². The van der Waals surface area contributed by atoms with Crippen LogP contribution in [0.3, 0.4) is 0 Å². The van der Waals surface area contributed by atoms with Crippen LogP contribution in [0.5, 0.6) is 11.6 Å². The minimum absolute atomic E-state index is 0.441. The highest BCUT2D eigenvalue weighted by atomic mass is 16.5. The molecular formula is C13H14N2O2. The summed E-state index contributed by atoms with van der Waals surface area (Å²) in [5.41, 5.74) is 8.28. The predicted molar refractivity (Wildman–Crippen MR) is 67.2 cm³/mol. The van der Waals surface area contributed by atoms with Gasteiger partial charge < -0.3 is 15.2 Å². The maximum absolute atomic E-state index is 5.82. The van der Waals surface area contributed by atoms with Crippen LogP contribution < -0.4 is 15.2 Å². The number of methoxy groups -OCH3 is 2. The van der Waals surface area contributed by atoms with Gasteiger partial charge in [0, 0.05) is 11.8 Å². The van der Waals surface area contributed by atoms with Gasteiger partial charge in [0.05, 0.1) is 19.9 Å². The Morgan fingerprint density at radius 3 is 2.53 bits per heavy atom. The first-order chi connectivity index (χ1) is 8.24. The van der Waals surface area contributed by atoms with Crippen molar-refractivity contribution in [1.29, 1.82) is 0 Å². The van der Waals surface area contributed by atoms with Crippen molar-refractivity contribution in [2.75, 3.05) is 20.0 Å². The molecule has 0 spiro atoms. The molecule has 1 heterocycles. The van der Waals surface area contributed by atoms with Gasteiger partial charge in [-0.3, -0.25) is 0 Å². The van der Waals surface area contributed by atoms with Crippen LogP contribution in [0.2, 0.25) is 0 Å². The fraction of sp³-hybridized carbons (Fsp3) is 0.154. The molecule has 2 aromatic rings. The molecule has 88 valence electrons. The summed E-state index contributed by atoms with van der Waals surface area (Å²) in [7, 11) is 3.18. The fourth-order valence-corrected chi connectivity index (χ4v) is 1.60. The largest absolute Gasteiger partial charge is 0.497 e. The van der Waals surface area contributed by atoms with Gasteiger partial charge >= 0.3 is 0 Å². The number of nitrogens with two attached hydrogens (primary N) is 1. The molecule has 1 aromatic carbocycles. The van der Waals surface area contributed by atoms with Crippen LogP contribution >= 0.6 is 0 Å². The van der Waals surface area contributed by atoms with Crippen molar-refractivity contribution in [3.8, 4) is 22.8 Å². The number of nitrogen functional groups attached to an aromatic ring is 1. The van der Waals surface area contributed by atoms with E-state index in [4.69, 9.17) is 15.2 Å². The normalized spacial score (nSPS) is 10.0. The van der Waals surface area contributed by atoms with Crippen LogP contribution in [-0.2, 0) is 0 Å². The van der Waals surface area contributed by atoms with Gasteiger partial charge in [0.25, 0.3) is 0 Å². The summed E-state index contributed by atoms with van der Waals surface area (Å²) in [6, 6.07) is 9.56. The Bertz CT molecular complexity index is 527. The number of benzene rings is 1. The smallest absolute Gasteiger partial charge is 0.236 e. The molecule has 2 N–H and O–H groups in total. The molecule has 0 aliphatic rings. The lowest BCUT2D eigenvalue weighted by atomic mass is 10.1. The molecule has 4 heteroatoms. The van der Waals surface area contributed by atoms with Gasteiger partial charge in [-0.05, 0) is 23.8 Å². The van der Waals surface area contributed by atoms with E-state index in [1.807, 2.05) is 30.3 Å². The molecule has 0 atom stereocenters. The van der Waals surface area contributed by atoms with E-state index in [0.717, 1.165) is 16.9 Å². The van der Waals surface area contributed by atoms with Gasteiger partial charge in [0.2, 0.25) is 5.88 Å². The van der Waals surface area contributed by atoms with E-state index in [1.54, 1.807) is 20.4 Å². The molecular weight excluding hydrogens is 216 g/mol. The zero-order chi connectivity index (χ0) is 12.3. The van der Waals surface area contributed by atoms with Crippen LogP contribution in [-0.4, -0.2) is 19.2 Å². The highest BCUT2D eigenvalue weighted by Gasteiger charge is 2.05. The summed E-state index contributed by atoms with van der Waals surface area (Å²) >= 11 is 0. The average molecular weight is 230 g/mol. The summed E-state index contributed by atoms with van der Waals surface area (Å²) in [6.07, 6.45) is 1.73. The fourth-order valence-electron chi connectivity index (χ4n) is 1.60. The summed E-state index contributed by atoms with van der Waals surface area (Å²) in [5.74, 6) is 1.24. The van der Waals surface area contributed by atoms with Gasteiger partial charge in [-0.25, -0.2) is 4.98 Å². The number of aromatic nitrogens is 1. The monoisotopic (exact) mass is 230 g/mol. The lowest BCUT2D eigenvalue weighted by Crippen LogP contribution is -1.95. The molecule has 0 aliphatic heterocycles. The second kappa shape index (κ2) is 4.74. The van der Waals surface area contributed by atoms with Crippen molar-refractivity contribution in [3.63, 3.8) is 0 Å². The Morgan fingerprint density at radius 2 is 1.88 bits per heavy atom. The van der Waals surface area contributed by atoms with Crippen molar-refractivity contribution in [1.82, 2.24) is 4.98 Å². The molecule has 0 unspecified atom stereocenters. The lowest BCUT2D eigenvalue weighted by Gasteiger charge is -2.07. The molecule has 0 amide bonds. The molecule has 0 bridgehead atoms. The number of ether oxygens (including phenoxy) is 2. The van der Waals surface area contributed by atoms with Crippen molar-refractivity contribution in [2.24, 2.45) is 0 Å². The Hall–Kier alpha value is -2.23. The Labute approximate surface area is 100 Å². The third-order valence-corrected chi connectivity index (χ3v) is 2.48. The van der Waals surface area contributed by atoms with Crippen molar-refractivity contribution < 1.29 is 9.47 Å². The highest BCUT2D eigenvalue weighted by Crippen LogP contribution is 2.27. The molecule has 0 fully saturated rings. The Kier molecular flexibility index (Phi) is 3.14. The maximum Gasteiger partial charge on any atom is 0.236 e. The highest BCUT2D eigenvalue weighted by molar-refractivity contribution is 5.69. The minimum Gasteiger partial charge on any atom is -0.497 e. The number of anilines is 1. The molecule has 0 aliphatic carbocycles. The third-order valence-electron chi connectivity index (χ3n) is 2.48. The molecule has 17 heavy (non-hydrogen) atoms. The quantitative estimate of drug-likeness (QED) is 0.879. The number of hydrogen-bond donors (Lipinski definition) is 1. The first kappa shape index (κ1) is 11.3. The van der Waals surface area contributed by atoms with Crippen LogP contribution in [0, 0.1) is 0 Å². The zero-order valence-electron chi connectivity index (χ0n) is 9.81. The van der Waals surface area contributed by atoms with E-state index in [1.165, 1.54) is 0 Å². The van der Waals surface area contributed by atoms with E-state index in [-0.39, 0.29) is 0 Å². The first-order valence-corrected chi connectivity index (χ1v) is 5.18. The number of nitrogens with zero attached hydrogens (tertiary/aromatic N) is 1. The molecule has 4 nitrogen and oxygen atoms in total. The molecule has 0 saturated heterocycles. The van der Waals surface area contributed by atoms with Crippen LogP contribution in [0.1, 0.15) is 0 Å². The second-order valence-corrected chi connectivity index (χ2v) is 3.55. The van der Waals surface area contributed by atoms with Gasteiger partial charge in [0.15, 0.2) is 0 Å². The van der Waals surface area contributed by atoms with Crippen LogP contribution in [0.15, 0.2) is 36.5 Å².